The summed E-state index contributed by atoms with van der Waals surface area (Å²) in [4.78, 5) is 10.4. The standard InChI is InChI=1S/C46H32N2Si/c1-49(2)41-19-11-10-18-35(41)37-27-39-40(28-42(37)49)44(46-34-17-9-7-15-31(34)23-25-48-46)38-26-32(29-12-4-3-5-13-29)20-21-36(38)43(39)45-33-16-8-6-14-30(33)22-24-47-45/h3-28H,1-2H3. The summed E-state index contributed by atoms with van der Waals surface area (Å²) in [7, 11) is -1.98. The lowest BCUT2D eigenvalue weighted by molar-refractivity contribution is 1.36. The van der Waals surface area contributed by atoms with Gasteiger partial charge in [-0.05, 0) is 89.2 Å². The second-order valence-electron chi connectivity index (χ2n) is 13.8. The number of rotatable bonds is 3. The Morgan fingerprint density at radius 3 is 1.67 bits per heavy atom. The molecule has 0 atom stereocenters. The Morgan fingerprint density at radius 2 is 0.959 bits per heavy atom. The number of fused-ring (bicyclic) bond motifs is 7. The third kappa shape index (κ3) is 4.12. The van der Waals surface area contributed by atoms with Crippen molar-refractivity contribution in [3.05, 3.63) is 158 Å². The van der Waals surface area contributed by atoms with Gasteiger partial charge in [-0.2, -0.15) is 0 Å². The highest BCUT2D eigenvalue weighted by Gasteiger charge is 2.38. The van der Waals surface area contributed by atoms with Gasteiger partial charge in [0, 0.05) is 34.3 Å². The number of aromatic nitrogens is 2. The van der Waals surface area contributed by atoms with E-state index in [1.165, 1.54) is 76.1 Å². The van der Waals surface area contributed by atoms with E-state index in [-0.39, 0.29) is 0 Å². The normalized spacial score (nSPS) is 13.3. The maximum Gasteiger partial charge on any atom is 0.113 e. The van der Waals surface area contributed by atoms with Crippen LogP contribution in [0, 0.1) is 0 Å². The van der Waals surface area contributed by atoms with Gasteiger partial charge in [0.25, 0.3) is 0 Å². The van der Waals surface area contributed by atoms with E-state index in [4.69, 9.17) is 9.97 Å². The fourth-order valence-electron chi connectivity index (χ4n) is 8.38. The van der Waals surface area contributed by atoms with Gasteiger partial charge in [-0.25, -0.2) is 0 Å². The molecule has 10 rings (SSSR count). The van der Waals surface area contributed by atoms with Crippen LogP contribution in [-0.2, 0) is 0 Å². The molecule has 0 amide bonds. The summed E-state index contributed by atoms with van der Waals surface area (Å²) in [5, 5.41) is 12.5. The van der Waals surface area contributed by atoms with Gasteiger partial charge in [-0.3, -0.25) is 9.97 Å². The first-order chi connectivity index (χ1) is 24.1. The van der Waals surface area contributed by atoms with Crippen LogP contribution >= 0.6 is 0 Å². The largest absolute Gasteiger partial charge is 0.256 e. The molecule has 0 spiro atoms. The molecule has 230 valence electrons. The summed E-state index contributed by atoms with van der Waals surface area (Å²) < 4.78 is 0. The molecule has 2 aromatic heterocycles. The van der Waals surface area contributed by atoms with Gasteiger partial charge in [0.2, 0.25) is 0 Å². The molecular weight excluding hydrogens is 609 g/mol. The highest BCUT2D eigenvalue weighted by molar-refractivity contribution is 7.04. The zero-order valence-corrected chi connectivity index (χ0v) is 28.4. The fourth-order valence-corrected chi connectivity index (χ4v) is 11.5. The molecule has 2 nitrogen and oxygen atoms in total. The zero-order chi connectivity index (χ0) is 32.7. The van der Waals surface area contributed by atoms with Crippen LogP contribution in [0.25, 0.3) is 87.9 Å². The predicted molar refractivity (Wildman–Crippen MR) is 211 cm³/mol. The van der Waals surface area contributed by atoms with Gasteiger partial charge in [0.15, 0.2) is 0 Å². The molecule has 3 heterocycles. The number of nitrogens with zero attached hydrogens (tertiary/aromatic N) is 2. The van der Waals surface area contributed by atoms with Crippen LogP contribution < -0.4 is 10.4 Å². The van der Waals surface area contributed by atoms with Crippen molar-refractivity contribution in [2.24, 2.45) is 0 Å². The Labute approximate surface area is 286 Å². The van der Waals surface area contributed by atoms with E-state index in [1.54, 1.807) is 0 Å². The van der Waals surface area contributed by atoms with Crippen LogP contribution in [0.4, 0.5) is 0 Å². The Bertz CT molecular complexity index is 2790. The lowest BCUT2D eigenvalue weighted by atomic mass is 9.84. The molecule has 0 N–H and O–H groups in total. The first-order valence-corrected chi connectivity index (χ1v) is 20.0. The Morgan fingerprint density at radius 1 is 0.388 bits per heavy atom. The first-order valence-electron chi connectivity index (χ1n) is 17.0. The fraction of sp³-hybridized carbons (Fsp3) is 0.0435. The third-order valence-corrected chi connectivity index (χ3v) is 14.3. The summed E-state index contributed by atoms with van der Waals surface area (Å²) in [5.74, 6) is 0. The molecule has 0 radical (unpaired) electrons. The van der Waals surface area contributed by atoms with Crippen LogP contribution in [0.15, 0.2) is 158 Å². The SMILES string of the molecule is C[Si]1(C)c2ccccc2-c2cc3c(-c4nccc5ccccc45)c4ccc(-c5ccccc5)cc4c(-c4nccc5ccccc45)c3cc21. The van der Waals surface area contributed by atoms with Gasteiger partial charge in [-0.15, -0.1) is 0 Å². The van der Waals surface area contributed by atoms with Crippen LogP contribution in [0.5, 0.6) is 0 Å². The molecule has 0 saturated carbocycles. The Hall–Kier alpha value is -5.90. The minimum Gasteiger partial charge on any atom is -0.256 e. The number of benzene rings is 7. The zero-order valence-electron chi connectivity index (χ0n) is 27.4. The van der Waals surface area contributed by atoms with E-state index in [0.29, 0.717) is 0 Å². The lowest BCUT2D eigenvalue weighted by Gasteiger charge is -2.23. The monoisotopic (exact) mass is 640 g/mol. The van der Waals surface area contributed by atoms with E-state index in [2.05, 4.69) is 159 Å². The van der Waals surface area contributed by atoms with Crippen molar-refractivity contribution in [2.45, 2.75) is 13.1 Å². The number of hydrogen-bond acceptors (Lipinski definition) is 2. The molecule has 3 heteroatoms. The van der Waals surface area contributed by atoms with Crippen LogP contribution in [-0.4, -0.2) is 18.0 Å². The molecule has 9 aromatic rings. The van der Waals surface area contributed by atoms with Crippen molar-refractivity contribution < 1.29 is 0 Å². The predicted octanol–water partition coefficient (Wildman–Crippen LogP) is 10.9. The van der Waals surface area contributed by atoms with Crippen molar-refractivity contribution >= 4 is 61.5 Å². The van der Waals surface area contributed by atoms with E-state index in [0.717, 1.165) is 22.2 Å². The molecule has 1 aliphatic heterocycles. The van der Waals surface area contributed by atoms with Crippen LogP contribution in [0.2, 0.25) is 13.1 Å². The number of pyridine rings is 2. The second kappa shape index (κ2) is 10.5. The van der Waals surface area contributed by atoms with Gasteiger partial charge in [0.05, 0.1) is 11.4 Å². The molecule has 0 unspecified atom stereocenters. The highest BCUT2D eigenvalue weighted by atomic mass is 28.3. The maximum atomic E-state index is 5.20. The summed E-state index contributed by atoms with van der Waals surface area (Å²) >= 11 is 0. The van der Waals surface area contributed by atoms with Crippen molar-refractivity contribution in [3.8, 4) is 44.8 Å². The van der Waals surface area contributed by atoms with Gasteiger partial charge >= 0.3 is 0 Å². The summed E-state index contributed by atoms with van der Waals surface area (Å²) in [6, 6.07) is 53.3. The molecule has 1 aliphatic rings. The quantitative estimate of drug-likeness (QED) is 0.142. The lowest BCUT2D eigenvalue weighted by Crippen LogP contribution is -2.49. The van der Waals surface area contributed by atoms with Crippen molar-refractivity contribution in [1.29, 1.82) is 0 Å². The van der Waals surface area contributed by atoms with E-state index in [1.807, 2.05) is 12.4 Å². The molecule has 0 fully saturated rings. The Kier molecular flexibility index (Phi) is 6.06. The van der Waals surface area contributed by atoms with Crippen LogP contribution in [0.1, 0.15) is 0 Å². The van der Waals surface area contributed by atoms with Crippen molar-refractivity contribution in [3.63, 3.8) is 0 Å². The average molecular weight is 641 g/mol. The minimum atomic E-state index is -1.98. The number of hydrogen-bond donors (Lipinski definition) is 0. The molecule has 0 aliphatic carbocycles. The Balaban J connectivity index is 1.45. The van der Waals surface area contributed by atoms with Crippen molar-refractivity contribution in [1.82, 2.24) is 9.97 Å². The summed E-state index contributed by atoms with van der Waals surface area (Å²) in [6.45, 7) is 5.00. The summed E-state index contributed by atoms with van der Waals surface area (Å²) in [6.07, 6.45) is 3.94. The van der Waals surface area contributed by atoms with Gasteiger partial charge in [0.1, 0.15) is 8.07 Å². The van der Waals surface area contributed by atoms with E-state index < -0.39 is 8.07 Å². The van der Waals surface area contributed by atoms with E-state index in [9.17, 15) is 0 Å². The van der Waals surface area contributed by atoms with Crippen molar-refractivity contribution in [2.75, 3.05) is 0 Å². The average Bonchev–Trinajstić information content (AvgIpc) is 3.38. The maximum absolute atomic E-state index is 5.20. The minimum absolute atomic E-state index is 1.01. The van der Waals surface area contributed by atoms with Gasteiger partial charge < -0.3 is 0 Å². The molecule has 0 bridgehead atoms. The third-order valence-electron chi connectivity index (χ3n) is 10.7. The van der Waals surface area contributed by atoms with E-state index >= 15 is 0 Å². The smallest absolute Gasteiger partial charge is 0.113 e. The highest BCUT2D eigenvalue weighted by Crippen LogP contribution is 2.48. The molecule has 0 saturated heterocycles. The summed E-state index contributed by atoms with van der Waals surface area (Å²) in [5.41, 5.74) is 9.52. The topological polar surface area (TPSA) is 25.8 Å². The first kappa shape index (κ1) is 28.1. The van der Waals surface area contributed by atoms with Crippen LogP contribution in [0.3, 0.4) is 0 Å². The molecular formula is C46H32N2Si. The molecule has 49 heavy (non-hydrogen) atoms. The second-order valence-corrected chi connectivity index (χ2v) is 18.1. The van der Waals surface area contributed by atoms with Gasteiger partial charge in [-0.1, -0.05) is 134 Å². The molecule has 7 aromatic carbocycles.